The van der Waals surface area contributed by atoms with Gasteiger partial charge in [-0.05, 0) is 67.6 Å². The molecule has 2 heterocycles. The second-order valence-electron chi connectivity index (χ2n) is 9.35. The maximum absolute atomic E-state index is 13.0. The molecule has 35 heavy (non-hydrogen) atoms. The first-order valence-corrected chi connectivity index (χ1v) is 12.4. The Hall–Kier alpha value is -3.39. The van der Waals surface area contributed by atoms with Crippen molar-refractivity contribution in [3.8, 4) is 28.6 Å². The maximum Gasteiger partial charge on any atom is 0.289 e. The van der Waals surface area contributed by atoms with E-state index in [4.69, 9.17) is 4.74 Å². The maximum atomic E-state index is 13.0. The molecule has 3 aromatic rings. The van der Waals surface area contributed by atoms with Gasteiger partial charge in [0.15, 0.2) is 5.82 Å². The van der Waals surface area contributed by atoms with E-state index in [2.05, 4.69) is 46.4 Å². The van der Waals surface area contributed by atoms with Crippen molar-refractivity contribution in [1.29, 1.82) is 0 Å². The van der Waals surface area contributed by atoms with Crippen LogP contribution in [0.4, 0.5) is 0 Å². The number of hydrogen-bond donors (Lipinski definition) is 2. The zero-order chi connectivity index (χ0) is 24.9. The van der Waals surface area contributed by atoms with Crippen LogP contribution in [0.1, 0.15) is 67.7 Å². The van der Waals surface area contributed by atoms with Gasteiger partial charge in [0, 0.05) is 24.8 Å². The van der Waals surface area contributed by atoms with Crippen molar-refractivity contribution in [3.05, 3.63) is 53.3 Å². The van der Waals surface area contributed by atoms with Crippen molar-refractivity contribution < 1.29 is 14.6 Å². The van der Waals surface area contributed by atoms with Crippen LogP contribution >= 0.6 is 0 Å². The van der Waals surface area contributed by atoms with Crippen LogP contribution in [0.2, 0.25) is 0 Å². The van der Waals surface area contributed by atoms with Gasteiger partial charge in [-0.2, -0.15) is 0 Å². The van der Waals surface area contributed by atoms with Gasteiger partial charge in [0.2, 0.25) is 5.82 Å². The number of hydrogen-bond acceptors (Lipinski definition) is 6. The Balaban J connectivity index is 1.79. The topological polar surface area (TPSA) is 92.5 Å². The summed E-state index contributed by atoms with van der Waals surface area (Å²) in [7, 11) is 1.59. The van der Waals surface area contributed by atoms with Gasteiger partial charge in [-0.15, -0.1) is 10.2 Å². The van der Waals surface area contributed by atoms with Gasteiger partial charge >= 0.3 is 0 Å². The molecule has 0 radical (unpaired) electrons. The quantitative estimate of drug-likeness (QED) is 0.471. The summed E-state index contributed by atoms with van der Waals surface area (Å²) in [6.45, 7) is 9.84. The summed E-state index contributed by atoms with van der Waals surface area (Å²) >= 11 is 0. The number of phenolic OH excluding ortho intramolecular Hbond substituents is 1. The summed E-state index contributed by atoms with van der Waals surface area (Å²) in [6, 6.07) is 11.6. The van der Waals surface area contributed by atoms with E-state index >= 15 is 0 Å². The second-order valence-corrected chi connectivity index (χ2v) is 9.35. The fourth-order valence-corrected chi connectivity index (χ4v) is 4.51. The molecule has 1 saturated heterocycles. The third-order valence-electron chi connectivity index (χ3n) is 6.41. The molecule has 8 nitrogen and oxygen atoms in total. The van der Waals surface area contributed by atoms with Gasteiger partial charge in [-0.1, -0.05) is 32.9 Å². The van der Waals surface area contributed by atoms with Crippen LogP contribution in [0.25, 0.3) is 17.1 Å². The number of benzene rings is 2. The molecule has 1 aliphatic heterocycles. The van der Waals surface area contributed by atoms with Crippen LogP contribution < -0.4 is 10.1 Å². The normalized spacial score (nSPS) is 14.0. The molecule has 186 valence electrons. The van der Waals surface area contributed by atoms with E-state index in [1.807, 2.05) is 25.1 Å². The minimum Gasteiger partial charge on any atom is -0.507 e. The minimum atomic E-state index is -0.302. The van der Waals surface area contributed by atoms with Crippen molar-refractivity contribution in [2.45, 2.75) is 52.5 Å². The fourth-order valence-electron chi connectivity index (χ4n) is 4.51. The number of aromatic nitrogens is 3. The van der Waals surface area contributed by atoms with Gasteiger partial charge in [0.05, 0.1) is 12.7 Å². The Labute approximate surface area is 206 Å². The Morgan fingerprint density at radius 3 is 2.49 bits per heavy atom. The molecule has 1 aliphatic rings. The molecule has 8 heteroatoms. The van der Waals surface area contributed by atoms with Crippen LogP contribution in [0, 0.1) is 0 Å². The van der Waals surface area contributed by atoms with Crippen LogP contribution in [-0.2, 0) is 6.54 Å². The number of likely N-dealkylation sites (tertiary alicyclic amines) is 1. The summed E-state index contributed by atoms with van der Waals surface area (Å²) in [5.41, 5.74) is 3.42. The summed E-state index contributed by atoms with van der Waals surface area (Å²) in [5.74, 6) is 1.08. The van der Waals surface area contributed by atoms with Crippen molar-refractivity contribution in [2.75, 3.05) is 26.7 Å². The lowest BCUT2D eigenvalue weighted by Crippen LogP contribution is -2.27. The molecule has 2 aromatic carbocycles. The van der Waals surface area contributed by atoms with Crippen LogP contribution in [-0.4, -0.2) is 57.4 Å². The smallest absolute Gasteiger partial charge is 0.289 e. The molecule has 0 aliphatic carbocycles. The standard InChI is InChI=1S/C27H35N5O3/c1-5-12-28-27(34)26-30-29-25(22-15-21(18(2)3)24(35-4)16-23(22)33)32(26)20-10-8-19(9-11-20)17-31-13-6-7-14-31/h8-11,15-16,18,33H,5-7,12-14,17H2,1-4H3,(H,28,34). The molecular weight excluding hydrogens is 442 g/mol. The second kappa shape index (κ2) is 10.9. The first kappa shape index (κ1) is 24.7. The van der Waals surface area contributed by atoms with Crippen molar-refractivity contribution in [2.24, 2.45) is 0 Å². The molecule has 4 rings (SSSR count). The van der Waals surface area contributed by atoms with Gasteiger partial charge < -0.3 is 15.2 Å². The molecular formula is C27H35N5O3. The van der Waals surface area contributed by atoms with E-state index in [1.54, 1.807) is 17.7 Å². The summed E-state index contributed by atoms with van der Waals surface area (Å²) < 4.78 is 7.20. The number of carbonyl (C=O) groups is 1. The third-order valence-corrected chi connectivity index (χ3v) is 6.41. The molecule has 1 fully saturated rings. The first-order valence-electron chi connectivity index (χ1n) is 12.4. The highest BCUT2D eigenvalue weighted by Crippen LogP contribution is 2.38. The third kappa shape index (κ3) is 5.32. The lowest BCUT2D eigenvalue weighted by atomic mass is 9.98. The van der Waals surface area contributed by atoms with E-state index in [9.17, 15) is 9.90 Å². The highest BCUT2D eigenvalue weighted by molar-refractivity contribution is 5.92. The van der Waals surface area contributed by atoms with Gasteiger partial charge in [-0.3, -0.25) is 14.3 Å². The molecule has 0 unspecified atom stereocenters. The number of aromatic hydroxyl groups is 1. The minimum absolute atomic E-state index is 0.0195. The number of nitrogens with zero attached hydrogens (tertiary/aromatic N) is 4. The lowest BCUT2D eigenvalue weighted by molar-refractivity contribution is 0.0941. The van der Waals surface area contributed by atoms with E-state index in [1.165, 1.54) is 18.4 Å². The van der Waals surface area contributed by atoms with Gasteiger partial charge in [-0.25, -0.2) is 0 Å². The average molecular weight is 478 g/mol. The number of methoxy groups -OCH3 is 1. The van der Waals surface area contributed by atoms with Crippen LogP contribution in [0.3, 0.4) is 0 Å². The van der Waals surface area contributed by atoms with E-state index < -0.39 is 0 Å². The molecule has 0 atom stereocenters. The largest absolute Gasteiger partial charge is 0.507 e. The number of carbonyl (C=O) groups excluding carboxylic acids is 1. The SMILES string of the molecule is CCCNC(=O)c1nnc(-c2cc(C(C)C)c(OC)cc2O)n1-c1ccc(CN2CCCC2)cc1. The number of phenols is 1. The Morgan fingerprint density at radius 2 is 1.86 bits per heavy atom. The van der Waals surface area contributed by atoms with Crippen molar-refractivity contribution in [1.82, 2.24) is 25.0 Å². The first-order chi connectivity index (χ1) is 16.9. The molecule has 2 N–H and O–H groups in total. The molecule has 1 aromatic heterocycles. The Kier molecular flexibility index (Phi) is 7.70. The van der Waals surface area contributed by atoms with Crippen LogP contribution in [0.15, 0.2) is 36.4 Å². The molecule has 0 bridgehead atoms. The van der Waals surface area contributed by atoms with Gasteiger partial charge in [0.1, 0.15) is 11.5 Å². The number of nitrogens with one attached hydrogen (secondary N) is 1. The highest BCUT2D eigenvalue weighted by atomic mass is 16.5. The van der Waals surface area contributed by atoms with E-state index in [0.717, 1.165) is 37.3 Å². The Bertz CT molecular complexity index is 1160. The zero-order valence-corrected chi connectivity index (χ0v) is 21.0. The predicted molar refractivity (Wildman–Crippen MR) is 136 cm³/mol. The van der Waals surface area contributed by atoms with Crippen molar-refractivity contribution >= 4 is 5.91 Å². The number of rotatable bonds is 9. The van der Waals surface area contributed by atoms with Crippen molar-refractivity contribution in [3.63, 3.8) is 0 Å². The number of ether oxygens (including phenoxy) is 1. The molecule has 1 amide bonds. The fraction of sp³-hybridized carbons (Fsp3) is 0.444. The van der Waals surface area contributed by atoms with E-state index in [0.29, 0.717) is 23.7 Å². The van der Waals surface area contributed by atoms with Gasteiger partial charge in [0.25, 0.3) is 5.91 Å². The van der Waals surface area contributed by atoms with E-state index in [-0.39, 0.29) is 23.4 Å². The predicted octanol–water partition coefficient (Wildman–Crippen LogP) is 4.51. The highest BCUT2D eigenvalue weighted by Gasteiger charge is 2.24. The summed E-state index contributed by atoms with van der Waals surface area (Å²) in [5, 5.41) is 22.4. The average Bonchev–Trinajstić information content (AvgIpc) is 3.53. The van der Waals surface area contributed by atoms with Crippen LogP contribution in [0.5, 0.6) is 11.5 Å². The monoisotopic (exact) mass is 477 g/mol. The molecule has 0 spiro atoms. The summed E-state index contributed by atoms with van der Waals surface area (Å²) in [6.07, 6.45) is 3.32. The zero-order valence-electron chi connectivity index (χ0n) is 21.0. The summed E-state index contributed by atoms with van der Waals surface area (Å²) in [4.78, 5) is 15.4. The molecule has 0 saturated carbocycles. The Morgan fingerprint density at radius 1 is 1.14 bits per heavy atom. The lowest BCUT2D eigenvalue weighted by Gasteiger charge is -2.17. The number of amides is 1.